The molecule has 0 spiro atoms. The van der Waals surface area contributed by atoms with Gasteiger partial charge in [0.05, 0.1) is 12.4 Å². The van der Waals surface area contributed by atoms with Crippen molar-refractivity contribution in [3.8, 4) is 0 Å². The molecule has 0 aromatic heterocycles. The number of hydrogen-bond acceptors (Lipinski definition) is 2. The van der Waals surface area contributed by atoms with Crippen molar-refractivity contribution in [1.82, 2.24) is 0 Å². The molecule has 2 nitrogen and oxygen atoms in total. The van der Waals surface area contributed by atoms with Crippen LogP contribution in [0.4, 0.5) is 5.69 Å². The molecule has 0 saturated heterocycles. The highest BCUT2D eigenvalue weighted by Gasteiger charge is 2.25. The number of para-hydroxylation sites is 1. The van der Waals surface area contributed by atoms with Crippen LogP contribution in [0.5, 0.6) is 0 Å². The van der Waals surface area contributed by atoms with Crippen molar-refractivity contribution in [2.75, 3.05) is 11.4 Å². The van der Waals surface area contributed by atoms with E-state index in [2.05, 4.69) is 71.0 Å². The highest BCUT2D eigenvalue weighted by atomic mass is 15.2. The van der Waals surface area contributed by atoms with E-state index in [0.29, 0.717) is 23.8 Å². The Labute approximate surface area is 123 Å². The Balaban J connectivity index is 2.42. The van der Waals surface area contributed by atoms with E-state index in [4.69, 9.17) is 4.99 Å². The lowest BCUT2D eigenvalue weighted by atomic mass is 9.92. The Hall–Kier alpha value is -1.31. The number of benzene rings is 1. The molecular formula is C18H28N2. The number of aliphatic imine (C=N–C) groups is 1. The van der Waals surface area contributed by atoms with Gasteiger partial charge in [-0.15, -0.1) is 0 Å². The predicted octanol–water partition coefficient (Wildman–Crippen LogP) is 4.81. The fourth-order valence-corrected chi connectivity index (χ4v) is 2.84. The molecule has 0 bridgehead atoms. The van der Waals surface area contributed by atoms with Crippen LogP contribution >= 0.6 is 0 Å². The summed E-state index contributed by atoms with van der Waals surface area (Å²) in [6.07, 6.45) is 2.05. The Kier molecular flexibility index (Phi) is 4.52. The fourth-order valence-electron chi connectivity index (χ4n) is 2.84. The second-order valence-electron chi connectivity index (χ2n) is 6.82. The molecule has 0 saturated carbocycles. The number of anilines is 1. The average molecular weight is 272 g/mol. The third-order valence-electron chi connectivity index (χ3n) is 4.18. The summed E-state index contributed by atoms with van der Waals surface area (Å²) in [5.74, 6) is 1.68. The lowest BCUT2D eigenvalue weighted by Crippen LogP contribution is -2.27. The number of nitrogens with zero attached hydrogens (tertiary/aromatic N) is 2. The van der Waals surface area contributed by atoms with Gasteiger partial charge < -0.3 is 4.90 Å². The zero-order chi connectivity index (χ0) is 14.9. The molecule has 1 atom stereocenters. The van der Waals surface area contributed by atoms with Crippen molar-refractivity contribution >= 4 is 12.0 Å². The summed E-state index contributed by atoms with van der Waals surface area (Å²) in [6, 6.07) is 7.15. The molecule has 0 amide bonds. The van der Waals surface area contributed by atoms with Gasteiger partial charge in [-0.05, 0) is 28.9 Å². The highest BCUT2D eigenvalue weighted by molar-refractivity contribution is 5.85. The van der Waals surface area contributed by atoms with Crippen LogP contribution in [-0.2, 0) is 0 Å². The van der Waals surface area contributed by atoms with Gasteiger partial charge in [-0.3, -0.25) is 4.99 Å². The van der Waals surface area contributed by atoms with Crippen LogP contribution < -0.4 is 4.90 Å². The molecule has 110 valence electrons. The first kappa shape index (κ1) is 15.1. The van der Waals surface area contributed by atoms with E-state index in [1.807, 2.05) is 0 Å². The van der Waals surface area contributed by atoms with Crippen molar-refractivity contribution in [3.05, 3.63) is 29.3 Å². The Morgan fingerprint density at radius 1 is 1.00 bits per heavy atom. The van der Waals surface area contributed by atoms with Gasteiger partial charge in [0.1, 0.15) is 0 Å². The molecule has 20 heavy (non-hydrogen) atoms. The van der Waals surface area contributed by atoms with Gasteiger partial charge in [0.2, 0.25) is 0 Å². The smallest absolute Gasteiger partial charge is 0.0899 e. The molecule has 2 rings (SSSR count). The molecule has 1 aromatic carbocycles. The van der Waals surface area contributed by atoms with E-state index in [1.54, 1.807) is 0 Å². The van der Waals surface area contributed by atoms with Crippen molar-refractivity contribution in [1.29, 1.82) is 0 Å². The molecule has 0 aliphatic carbocycles. The first-order chi connectivity index (χ1) is 9.41. The van der Waals surface area contributed by atoms with E-state index < -0.39 is 0 Å². The minimum atomic E-state index is 0.426. The Morgan fingerprint density at radius 3 is 1.95 bits per heavy atom. The maximum absolute atomic E-state index is 4.69. The monoisotopic (exact) mass is 272 g/mol. The maximum atomic E-state index is 4.69. The quantitative estimate of drug-likeness (QED) is 0.768. The summed E-state index contributed by atoms with van der Waals surface area (Å²) in [5, 5.41) is 0. The van der Waals surface area contributed by atoms with Gasteiger partial charge in [-0.1, -0.05) is 59.7 Å². The van der Waals surface area contributed by atoms with Crippen molar-refractivity contribution in [3.63, 3.8) is 0 Å². The van der Waals surface area contributed by atoms with E-state index >= 15 is 0 Å². The molecule has 1 aliphatic rings. The largest absolute Gasteiger partial charge is 0.330 e. The molecule has 0 radical (unpaired) electrons. The van der Waals surface area contributed by atoms with E-state index in [1.165, 1.54) is 16.8 Å². The minimum Gasteiger partial charge on any atom is -0.330 e. The van der Waals surface area contributed by atoms with Gasteiger partial charge in [0, 0.05) is 12.2 Å². The molecular weight excluding hydrogens is 244 g/mol. The zero-order valence-corrected chi connectivity index (χ0v) is 13.7. The average Bonchev–Trinajstić information content (AvgIpc) is 2.87. The topological polar surface area (TPSA) is 15.6 Å². The van der Waals surface area contributed by atoms with Crippen LogP contribution in [0.3, 0.4) is 0 Å². The normalized spacial score (nSPS) is 18.9. The summed E-state index contributed by atoms with van der Waals surface area (Å²) < 4.78 is 0. The zero-order valence-electron chi connectivity index (χ0n) is 13.7. The van der Waals surface area contributed by atoms with Gasteiger partial charge in [-0.2, -0.15) is 0 Å². The van der Waals surface area contributed by atoms with E-state index in [0.717, 1.165) is 6.54 Å². The summed E-state index contributed by atoms with van der Waals surface area (Å²) in [4.78, 5) is 7.07. The Morgan fingerprint density at radius 2 is 1.55 bits per heavy atom. The fraction of sp³-hybridized carbons (Fsp3) is 0.611. The second-order valence-corrected chi connectivity index (χ2v) is 6.82. The third kappa shape index (κ3) is 2.89. The van der Waals surface area contributed by atoms with Crippen LogP contribution in [0, 0.1) is 5.92 Å². The van der Waals surface area contributed by atoms with Crippen LogP contribution in [0.25, 0.3) is 0 Å². The molecule has 1 aromatic rings. The van der Waals surface area contributed by atoms with E-state index in [-0.39, 0.29) is 0 Å². The highest BCUT2D eigenvalue weighted by Crippen LogP contribution is 2.36. The molecule has 0 fully saturated rings. The SMILES string of the molecule is CC(C)c1cccc(C(C)C)c1N1C=N[C@@H](C(C)C)C1. The van der Waals surface area contributed by atoms with Gasteiger partial charge in [-0.25, -0.2) is 0 Å². The van der Waals surface area contributed by atoms with Crippen molar-refractivity contribution in [2.45, 2.75) is 59.4 Å². The molecule has 2 heteroatoms. The van der Waals surface area contributed by atoms with Crippen LogP contribution in [0.1, 0.15) is 64.5 Å². The first-order valence-corrected chi connectivity index (χ1v) is 7.84. The van der Waals surface area contributed by atoms with Gasteiger partial charge in [0.25, 0.3) is 0 Å². The Bertz CT molecular complexity index is 460. The summed E-state index contributed by atoms with van der Waals surface area (Å²) in [5.41, 5.74) is 4.27. The van der Waals surface area contributed by atoms with Crippen molar-refractivity contribution < 1.29 is 0 Å². The third-order valence-corrected chi connectivity index (χ3v) is 4.18. The minimum absolute atomic E-state index is 0.426. The van der Waals surface area contributed by atoms with Crippen LogP contribution in [0.2, 0.25) is 0 Å². The summed E-state index contributed by atoms with van der Waals surface area (Å²) in [6.45, 7) is 14.6. The lowest BCUT2D eigenvalue weighted by molar-refractivity contribution is 0.520. The number of hydrogen-bond donors (Lipinski definition) is 0. The molecule has 0 N–H and O–H groups in total. The standard InChI is InChI=1S/C18H28N2/c1-12(2)15-8-7-9-16(13(3)4)18(15)20-10-17(14(5)6)19-11-20/h7-9,11-14,17H,10H2,1-6H3/t17-/m1/s1. The number of rotatable bonds is 4. The predicted molar refractivity (Wildman–Crippen MR) is 89.1 cm³/mol. The second kappa shape index (κ2) is 5.99. The van der Waals surface area contributed by atoms with Crippen LogP contribution in [0.15, 0.2) is 23.2 Å². The summed E-state index contributed by atoms with van der Waals surface area (Å²) in [7, 11) is 0. The molecule has 1 heterocycles. The molecule has 0 unspecified atom stereocenters. The van der Waals surface area contributed by atoms with E-state index in [9.17, 15) is 0 Å². The molecule has 1 aliphatic heterocycles. The lowest BCUT2D eigenvalue weighted by Gasteiger charge is -2.27. The van der Waals surface area contributed by atoms with Gasteiger partial charge in [0.15, 0.2) is 0 Å². The first-order valence-electron chi connectivity index (χ1n) is 7.84. The maximum Gasteiger partial charge on any atom is 0.0899 e. The summed E-state index contributed by atoms with van der Waals surface area (Å²) >= 11 is 0. The van der Waals surface area contributed by atoms with Crippen molar-refractivity contribution in [2.24, 2.45) is 10.9 Å². The van der Waals surface area contributed by atoms with Gasteiger partial charge >= 0.3 is 0 Å². The van der Waals surface area contributed by atoms with Crippen LogP contribution in [-0.4, -0.2) is 18.9 Å².